The molecule has 0 heterocycles. The van der Waals surface area contributed by atoms with Crippen molar-refractivity contribution in [3.63, 3.8) is 0 Å². The Kier molecular flexibility index (Phi) is 2.99. The van der Waals surface area contributed by atoms with Gasteiger partial charge in [0.25, 0.3) is 0 Å². The van der Waals surface area contributed by atoms with Crippen LogP contribution in [0.25, 0.3) is 0 Å². The summed E-state index contributed by atoms with van der Waals surface area (Å²) in [5, 5.41) is 8.68. The number of rotatable bonds is 3. The van der Waals surface area contributed by atoms with E-state index in [1.807, 2.05) is 0 Å². The molecule has 4 fully saturated rings. The smallest absolute Gasteiger partial charge is 0.0666 e. The first-order valence-electron chi connectivity index (χ1n) is 7.29. The molecule has 0 aromatic heterocycles. The van der Waals surface area contributed by atoms with Gasteiger partial charge >= 0.3 is 0 Å². The second-order valence-corrected chi connectivity index (χ2v) is 6.72. The Bertz CT molecular complexity index is 332. The van der Waals surface area contributed by atoms with Crippen LogP contribution in [0.15, 0.2) is 11.6 Å². The lowest BCUT2D eigenvalue weighted by atomic mass is 9.51. The van der Waals surface area contributed by atoms with E-state index in [-0.39, 0.29) is 0 Å². The molecule has 4 aliphatic rings. The van der Waals surface area contributed by atoms with Gasteiger partial charge in [-0.3, -0.25) is 0 Å². The number of hydrogen-bond acceptors (Lipinski definition) is 1. The Hall–Kier alpha value is -0.770. The van der Waals surface area contributed by atoms with Gasteiger partial charge in [0.1, 0.15) is 0 Å². The Balaban J connectivity index is 1.65. The first-order valence-corrected chi connectivity index (χ1v) is 7.29. The average Bonchev–Trinajstić information content (AvgIpc) is 2.27. The molecule has 4 saturated carbocycles. The predicted octanol–water partition coefficient (Wildman–Crippen LogP) is 4.31. The summed E-state index contributed by atoms with van der Waals surface area (Å²) in [7, 11) is 0. The van der Waals surface area contributed by atoms with Gasteiger partial charge in [0, 0.05) is 0 Å². The van der Waals surface area contributed by atoms with Crippen LogP contribution in [-0.4, -0.2) is 0 Å². The van der Waals surface area contributed by atoms with Crippen LogP contribution >= 0.6 is 0 Å². The summed E-state index contributed by atoms with van der Waals surface area (Å²) in [6, 6.07) is 2.25. The minimum atomic E-state index is 0.618. The monoisotopic (exact) mass is 229 g/mol. The molecule has 4 bridgehead atoms. The van der Waals surface area contributed by atoms with E-state index in [1.165, 1.54) is 37.7 Å². The summed E-state index contributed by atoms with van der Waals surface area (Å²) >= 11 is 0. The van der Waals surface area contributed by atoms with Crippen molar-refractivity contribution < 1.29 is 0 Å². The lowest BCUT2D eigenvalue weighted by Crippen LogP contribution is -2.44. The van der Waals surface area contributed by atoms with E-state index in [9.17, 15) is 0 Å². The van der Waals surface area contributed by atoms with Gasteiger partial charge in [0.05, 0.1) is 12.5 Å². The largest absolute Gasteiger partial charge is 0.198 e. The fourth-order valence-electron chi connectivity index (χ4n) is 4.96. The van der Waals surface area contributed by atoms with E-state index < -0.39 is 0 Å². The minimum absolute atomic E-state index is 0.618. The van der Waals surface area contributed by atoms with Gasteiger partial charge in [0.2, 0.25) is 0 Å². The number of hydrogen-bond donors (Lipinski definition) is 0. The van der Waals surface area contributed by atoms with Crippen LogP contribution in [0.5, 0.6) is 0 Å². The Morgan fingerprint density at radius 3 is 2.24 bits per heavy atom. The van der Waals surface area contributed by atoms with Crippen molar-refractivity contribution in [3.05, 3.63) is 11.6 Å². The van der Waals surface area contributed by atoms with Crippen molar-refractivity contribution in [1.29, 1.82) is 5.26 Å². The molecule has 0 spiro atoms. The molecule has 1 nitrogen and oxygen atoms in total. The summed E-state index contributed by atoms with van der Waals surface area (Å²) in [4.78, 5) is 0. The minimum Gasteiger partial charge on any atom is -0.198 e. The molecule has 0 aliphatic heterocycles. The highest BCUT2D eigenvalue weighted by Gasteiger charge is 2.47. The van der Waals surface area contributed by atoms with Crippen molar-refractivity contribution in [2.24, 2.45) is 29.6 Å². The number of allylic oxidation sites excluding steroid dienone is 2. The van der Waals surface area contributed by atoms with Crippen molar-refractivity contribution in [3.8, 4) is 6.07 Å². The van der Waals surface area contributed by atoms with Crippen molar-refractivity contribution in [1.82, 2.24) is 0 Å². The fraction of sp³-hybridized carbons (Fsp3) is 0.812. The molecule has 1 heteroatoms. The lowest BCUT2D eigenvalue weighted by molar-refractivity contribution is -0.0349. The molecule has 17 heavy (non-hydrogen) atoms. The SMILES string of the molecule is C/C(=C\CC1C2CC3CC(C2)CC1C3)CC#N. The van der Waals surface area contributed by atoms with E-state index in [2.05, 4.69) is 19.1 Å². The van der Waals surface area contributed by atoms with Gasteiger partial charge in [-0.05, 0) is 75.0 Å². The molecule has 0 atom stereocenters. The molecule has 0 unspecified atom stereocenters. The standard InChI is InChI=1S/C16H23N/c1-11(4-5-17)2-3-16-14-7-12-6-13(9-14)10-15(16)8-12/h2,12-16H,3-4,6-10H2,1H3/b11-2+. The molecule has 0 amide bonds. The quantitative estimate of drug-likeness (QED) is 0.662. The molecule has 4 aliphatic carbocycles. The highest BCUT2D eigenvalue weighted by molar-refractivity contribution is 5.07. The summed E-state index contributed by atoms with van der Waals surface area (Å²) in [6.07, 6.45) is 11.8. The third kappa shape index (κ3) is 2.15. The van der Waals surface area contributed by atoms with E-state index in [4.69, 9.17) is 5.26 Å². The zero-order valence-corrected chi connectivity index (χ0v) is 10.9. The van der Waals surface area contributed by atoms with Crippen LogP contribution in [0.2, 0.25) is 0 Å². The molecule has 0 aromatic carbocycles. The lowest BCUT2D eigenvalue weighted by Gasteiger charge is -2.54. The maximum Gasteiger partial charge on any atom is 0.0666 e. The highest BCUT2D eigenvalue weighted by atomic mass is 14.5. The maximum absolute atomic E-state index is 8.68. The average molecular weight is 229 g/mol. The van der Waals surface area contributed by atoms with Crippen LogP contribution in [0.1, 0.15) is 51.9 Å². The normalized spacial score (nSPS) is 43.8. The highest BCUT2D eigenvalue weighted by Crippen LogP contribution is 2.57. The first-order chi connectivity index (χ1) is 8.26. The van der Waals surface area contributed by atoms with Crippen molar-refractivity contribution in [2.45, 2.75) is 51.9 Å². The van der Waals surface area contributed by atoms with Crippen LogP contribution in [0.3, 0.4) is 0 Å². The molecule has 0 aromatic rings. The molecule has 0 N–H and O–H groups in total. The predicted molar refractivity (Wildman–Crippen MR) is 69.1 cm³/mol. The molecular weight excluding hydrogens is 206 g/mol. The van der Waals surface area contributed by atoms with Crippen molar-refractivity contribution in [2.75, 3.05) is 0 Å². The Morgan fingerprint density at radius 2 is 1.71 bits per heavy atom. The summed E-state index contributed by atoms with van der Waals surface area (Å²) in [5.41, 5.74) is 1.28. The number of nitriles is 1. The molecule has 4 rings (SSSR count). The van der Waals surface area contributed by atoms with E-state index in [0.29, 0.717) is 6.42 Å². The molecule has 0 saturated heterocycles. The zero-order chi connectivity index (χ0) is 11.8. The van der Waals surface area contributed by atoms with Gasteiger partial charge in [-0.25, -0.2) is 0 Å². The maximum atomic E-state index is 8.68. The van der Waals surface area contributed by atoms with E-state index in [0.717, 1.165) is 29.6 Å². The first kappa shape index (κ1) is 11.3. The third-order valence-electron chi connectivity index (χ3n) is 5.52. The Morgan fingerprint density at radius 1 is 1.12 bits per heavy atom. The summed E-state index contributed by atoms with van der Waals surface area (Å²) < 4.78 is 0. The molecular formula is C16H23N. The van der Waals surface area contributed by atoms with Gasteiger partial charge in [-0.2, -0.15) is 5.26 Å². The third-order valence-corrected chi connectivity index (χ3v) is 5.52. The van der Waals surface area contributed by atoms with Gasteiger partial charge in [0.15, 0.2) is 0 Å². The van der Waals surface area contributed by atoms with Crippen LogP contribution in [0.4, 0.5) is 0 Å². The van der Waals surface area contributed by atoms with E-state index >= 15 is 0 Å². The molecule has 0 radical (unpaired) electrons. The Labute approximate surface area is 105 Å². The number of nitrogens with zero attached hydrogens (tertiary/aromatic N) is 1. The van der Waals surface area contributed by atoms with Crippen LogP contribution in [0, 0.1) is 40.9 Å². The van der Waals surface area contributed by atoms with Crippen LogP contribution in [-0.2, 0) is 0 Å². The van der Waals surface area contributed by atoms with Gasteiger partial charge < -0.3 is 0 Å². The molecule has 92 valence electrons. The zero-order valence-electron chi connectivity index (χ0n) is 10.9. The topological polar surface area (TPSA) is 23.8 Å². The van der Waals surface area contributed by atoms with E-state index in [1.54, 1.807) is 6.42 Å². The second kappa shape index (κ2) is 4.48. The summed E-state index contributed by atoms with van der Waals surface area (Å²) in [5.74, 6) is 5.17. The summed E-state index contributed by atoms with van der Waals surface area (Å²) in [6.45, 7) is 2.11. The van der Waals surface area contributed by atoms with Gasteiger partial charge in [-0.1, -0.05) is 11.6 Å². The van der Waals surface area contributed by atoms with Crippen molar-refractivity contribution >= 4 is 0 Å². The second-order valence-electron chi connectivity index (χ2n) is 6.72. The van der Waals surface area contributed by atoms with Crippen LogP contribution < -0.4 is 0 Å². The fourth-order valence-corrected chi connectivity index (χ4v) is 4.96. The van der Waals surface area contributed by atoms with Gasteiger partial charge in [-0.15, -0.1) is 0 Å².